The fourth-order valence-electron chi connectivity index (χ4n) is 3.60. The van der Waals surface area contributed by atoms with E-state index in [9.17, 15) is 4.79 Å². The Balaban J connectivity index is 1.67. The second-order valence-corrected chi connectivity index (χ2v) is 6.42. The molecule has 110 valence electrons. The smallest absolute Gasteiger partial charge is 0.242 e. The predicted octanol–water partition coefficient (Wildman–Crippen LogP) is 2.15. The Morgan fingerprint density at radius 1 is 1.40 bits per heavy atom. The molecule has 2 aliphatic rings. The summed E-state index contributed by atoms with van der Waals surface area (Å²) in [5.41, 5.74) is 0. The molecule has 2 fully saturated rings. The van der Waals surface area contributed by atoms with Crippen LogP contribution in [0.15, 0.2) is 0 Å². The first-order valence-electron chi connectivity index (χ1n) is 7.61. The van der Waals surface area contributed by atoms with E-state index in [1.165, 1.54) is 19.3 Å². The highest BCUT2D eigenvalue weighted by atomic mass is 32.1. The van der Waals surface area contributed by atoms with Gasteiger partial charge in [0.25, 0.3) is 0 Å². The zero-order chi connectivity index (χ0) is 14.1. The lowest BCUT2D eigenvalue weighted by Gasteiger charge is -2.18. The van der Waals surface area contributed by atoms with Crippen LogP contribution in [-0.2, 0) is 17.8 Å². The number of nitrogens with zero attached hydrogens (tertiary/aromatic N) is 3. The molecule has 0 bridgehead atoms. The van der Waals surface area contributed by atoms with E-state index in [4.69, 9.17) is 12.2 Å². The molecule has 3 rings (SSSR count). The Morgan fingerprint density at radius 3 is 2.75 bits per heavy atom. The number of nitrogens with one attached hydrogen (secondary N) is 1. The Bertz CT molecular complexity index is 538. The third kappa shape index (κ3) is 2.53. The number of fused-ring (bicyclic) bond motifs is 1. The molecule has 1 aliphatic heterocycles. The van der Waals surface area contributed by atoms with Crippen molar-refractivity contribution in [2.24, 2.45) is 11.8 Å². The normalized spacial score (nSPS) is 25.1. The van der Waals surface area contributed by atoms with Gasteiger partial charge in [0.05, 0.1) is 0 Å². The number of amides is 1. The number of hydrogen-bond donors (Lipinski definition) is 1. The summed E-state index contributed by atoms with van der Waals surface area (Å²) in [4.78, 5) is 14.5. The maximum atomic E-state index is 12.5. The summed E-state index contributed by atoms with van der Waals surface area (Å²) >= 11 is 5.23. The standard InChI is InChI=1S/C14H22N4OS/c1-2-4-12-15-16-14(20)18(12)9-13(19)17-7-10-5-3-6-11(10)8-17/h10-11H,2-9H2,1H3,(H,16,20)/t10-,11-/m1/s1. The summed E-state index contributed by atoms with van der Waals surface area (Å²) in [7, 11) is 0. The predicted molar refractivity (Wildman–Crippen MR) is 78.8 cm³/mol. The number of hydrogen-bond acceptors (Lipinski definition) is 3. The van der Waals surface area contributed by atoms with Crippen LogP contribution < -0.4 is 0 Å². The minimum Gasteiger partial charge on any atom is -0.341 e. The number of H-pyrrole nitrogens is 1. The van der Waals surface area contributed by atoms with Gasteiger partial charge in [-0.05, 0) is 43.3 Å². The molecule has 1 aromatic heterocycles. The average molecular weight is 294 g/mol. The molecule has 1 aliphatic carbocycles. The SMILES string of the molecule is CCCc1n[nH]c(=S)n1CC(=O)N1C[C@H]2CCC[C@@H]2C1. The number of aromatic nitrogens is 3. The summed E-state index contributed by atoms with van der Waals surface area (Å²) in [5, 5.41) is 7.02. The van der Waals surface area contributed by atoms with Gasteiger partial charge in [-0.15, -0.1) is 0 Å². The highest BCUT2D eigenvalue weighted by Crippen LogP contribution is 2.37. The van der Waals surface area contributed by atoms with Gasteiger partial charge >= 0.3 is 0 Å². The van der Waals surface area contributed by atoms with Gasteiger partial charge < -0.3 is 4.90 Å². The van der Waals surface area contributed by atoms with Crippen molar-refractivity contribution in [3.05, 3.63) is 10.6 Å². The number of carbonyl (C=O) groups excluding carboxylic acids is 1. The monoisotopic (exact) mass is 294 g/mol. The second kappa shape index (κ2) is 5.68. The lowest BCUT2D eigenvalue weighted by atomic mass is 10.0. The number of likely N-dealkylation sites (tertiary alicyclic amines) is 1. The molecule has 0 aromatic carbocycles. The highest BCUT2D eigenvalue weighted by molar-refractivity contribution is 7.71. The molecule has 1 aromatic rings. The lowest BCUT2D eigenvalue weighted by molar-refractivity contribution is -0.131. The quantitative estimate of drug-likeness (QED) is 0.866. The summed E-state index contributed by atoms with van der Waals surface area (Å²) in [6.45, 7) is 4.32. The molecule has 1 saturated carbocycles. The Morgan fingerprint density at radius 2 is 2.10 bits per heavy atom. The fraction of sp³-hybridized carbons (Fsp3) is 0.786. The van der Waals surface area contributed by atoms with E-state index < -0.39 is 0 Å². The van der Waals surface area contributed by atoms with Crippen LogP contribution in [0.25, 0.3) is 0 Å². The Hall–Kier alpha value is -1.17. The maximum Gasteiger partial charge on any atom is 0.242 e. The van der Waals surface area contributed by atoms with E-state index in [1.807, 2.05) is 9.47 Å². The molecule has 20 heavy (non-hydrogen) atoms. The average Bonchev–Trinajstić information content (AvgIpc) is 3.08. The largest absolute Gasteiger partial charge is 0.341 e. The van der Waals surface area contributed by atoms with E-state index in [2.05, 4.69) is 17.1 Å². The maximum absolute atomic E-state index is 12.5. The topological polar surface area (TPSA) is 53.9 Å². The third-order valence-electron chi connectivity index (χ3n) is 4.68. The van der Waals surface area contributed by atoms with Crippen molar-refractivity contribution in [2.75, 3.05) is 13.1 Å². The van der Waals surface area contributed by atoms with Crippen LogP contribution in [0.2, 0.25) is 0 Å². The molecular formula is C14H22N4OS. The van der Waals surface area contributed by atoms with E-state index in [0.29, 0.717) is 11.3 Å². The number of carbonyl (C=O) groups is 1. The van der Waals surface area contributed by atoms with E-state index in [1.54, 1.807) is 0 Å². The summed E-state index contributed by atoms with van der Waals surface area (Å²) in [6.07, 6.45) is 5.78. The minimum atomic E-state index is 0.189. The van der Waals surface area contributed by atoms with Gasteiger partial charge in [0.1, 0.15) is 12.4 Å². The molecule has 0 unspecified atom stereocenters. The van der Waals surface area contributed by atoms with Crippen LogP contribution in [-0.4, -0.2) is 38.7 Å². The van der Waals surface area contributed by atoms with Crippen LogP contribution in [0.5, 0.6) is 0 Å². The summed E-state index contributed by atoms with van der Waals surface area (Å²) in [6, 6.07) is 0. The van der Waals surface area contributed by atoms with E-state index >= 15 is 0 Å². The second-order valence-electron chi connectivity index (χ2n) is 6.03. The van der Waals surface area contributed by atoms with Crippen molar-refractivity contribution in [1.82, 2.24) is 19.7 Å². The fourth-order valence-corrected chi connectivity index (χ4v) is 3.82. The molecule has 1 N–H and O–H groups in total. The van der Waals surface area contributed by atoms with Crippen LogP contribution in [0.3, 0.4) is 0 Å². The number of rotatable bonds is 4. The van der Waals surface area contributed by atoms with Crippen LogP contribution >= 0.6 is 12.2 Å². The van der Waals surface area contributed by atoms with Crippen LogP contribution in [0.4, 0.5) is 0 Å². The van der Waals surface area contributed by atoms with Gasteiger partial charge in [-0.2, -0.15) is 5.10 Å². The Kier molecular flexibility index (Phi) is 3.92. The van der Waals surface area contributed by atoms with Crippen molar-refractivity contribution in [2.45, 2.75) is 45.6 Å². The van der Waals surface area contributed by atoms with Gasteiger partial charge in [-0.25, -0.2) is 0 Å². The molecule has 1 amide bonds. The van der Waals surface area contributed by atoms with Crippen molar-refractivity contribution in [3.63, 3.8) is 0 Å². The number of aromatic amines is 1. The van der Waals surface area contributed by atoms with E-state index in [-0.39, 0.29) is 5.91 Å². The highest BCUT2D eigenvalue weighted by Gasteiger charge is 2.37. The minimum absolute atomic E-state index is 0.189. The molecule has 6 heteroatoms. The lowest BCUT2D eigenvalue weighted by Crippen LogP contribution is -2.33. The van der Waals surface area contributed by atoms with Crippen molar-refractivity contribution in [1.29, 1.82) is 0 Å². The van der Waals surface area contributed by atoms with Crippen LogP contribution in [0, 0.1) is 16.6 Å². The van der Waals surface area contributed by atoms with Crippen LogP contribution in [0.1, 0.15) is 38.4 Å². The first-order chi connectivity index (χ1) is 9.69. The first-order valence-corrected chi connectivity index (χ1v) is 8.01. The van der Waals surface area contributed by atoms with Gasteiger partial charge in [-0.1, -0.05) is 13.3 Å². The molecular weight excluding hydrogens is 272 g/mol. The summed E-state index contributed by atoms with van der Waals surface area (Å²) in [5.74, 6) is 2.57. The number of aryl methyl sites for hydroxylation is 1. The van der Waals surface area contributed by atoms with Gasteiger partial charge in [-0.3, -0.25) is 14.5 Å². The van der Waals surface area contributed by atoms with Crippen molar-refractivity contribution in [3.8, 4) is 0 Å². The molecule has 5 nitrogen and oxygen atoms in total. The Labute approximate surface area is 124 Å². The molecule has 2 atom stereocenters. The van der Waals surface area contributed by atoms with Gasteiger partial charge in [0, 0.05) is 19.5 Å². The summed E-state index contributed by atoms with van der Waals surface area (Å²) < 4.78 is 2.41. The molecule has 2 heterocycles. The van der Waals surface area contributed by atoms with Crippen molar-refractivity contribution >= 4 is 18.1 Å². The zero-order valence-electron chi connectivity index (χ0n) is 12.0. The van der Waals surface area contributed by atoms with Gasteiger partial charge in [0.2, 0.25) is 5.91 Å². The van der Waals surface area contributed by atoms with Gasteiger partial charge in [0.15, 0.2) is 4.77 Å². The third-order valence-corrected chi connectivity index (χ3v) is 4.99. The first kappa shape index (κ1) is 13.8. The van der Waals surface area contributed by atoms with E-state index in [0.717, 1.165) is 43.6 Å². The molecule has 0 spiro atoms. The molecule has 0 radical (unpaired) electrons. The molecule has 1 saturated heterocycles. The van der Waals surface area contributed by atoms with Crippen molar-refractivity contribution < 1.29 is 4.79 Å². The zero-order valence-corrected chi connectivity index (χ0v) is 12.8.